The summed E-state index contributed by atoms with van der Waals surface area (Å²) in [4.78, 5) is 11.2. The lowest BCUT2D eigenvalue weighted by Crippen LogP contribution is -2.06. The maximum absolute atomic E-state index is 11.2. The fourth-order valence-electron chi connectivity index (χ4n) is 1.36. The van der Waals surface area contributed by atoms with Gasteiger partial charge in [-0.05, 0) is 31.0 Å². The molecule has 18 heavy (non-hydrogen) atoms. The van der Waals surface area contributed by atoms with Crippen LogP contribution in [0.4, 0.5) is 5.69 Å². The number of nitrogens with one attached hydrogen (secondary N) is 1. The second-order valence-corrected chi connectivity index (χ2v) is 4.51. The Morgan fingerprint density at radius 3 is 2.56 bits per heavy atom. The van der Waals surface area contributed by atoms with Gasteiger partial charge >= 0.3 is 5.97 Å². The molecule has 1 unspecified atom stereocenters. The predicted molar refractivity (Wildman–Crippen MR) is 70.2 cm³/mol. The molecule has 0 amide bonds. The van der Waals surface area contributed by atoms with Crippen molar-refractivity contribution in [1.29, 1.82) is 0 Å². The molecule has 0 bridgehead atoms. The third-order valence-electron chi connectivity index (χ3n) is 2.23. The maximum atomic E-state index is 11.2. The zero-order chi connectivity index (χ0) is 13.4. The highest BCUT2D eigenvalue weighted by molar-refractivity contribution is 7.81. The summed E-state index contributed by atoms with van der Waals surface area (Å²) < 4.78 is 23.2. The lowest BCUT2D eigenvalue weighted by molar-refractivity contribution is -0.143. The van der Waals surface area contributed by atoms with Crippen molar-refractivity contribution >= 4 is 22.9 Å². The third-order valence-corrected chi connectivity index (χ3v) is 2.93. The van der Waals surface area contributed by atoms with Crippen molar-refractivity contribution in [1.82, 2.24) is 0 Å². The first kappa shape index (κ1) is 14.7. The molecule has 100 valence electrons. The van der Waals surface area contributed by atoms with Crippen molar-refractivity contribution in [3.63, 3.8) is 0 Å². The van der Waals surface area contributed by atoms with Crippen LogP contribution in [0.5, 0.6) is 0 Å². The Morgan fingerprint density at radius 2 is 2.00 bits per heavy atom. The molecular weight excluding hydrogens is 254 g/mol. The number of esters is 1. The monoisotopic (exact) mass is 271 g/mol. The molecule has 0 aliphatic heterocycles. The minimum Gasteiger partial charge on any atom is -0.466 e. The van der Waals surface area contributed by atoms with E-state index in [9.17, 15) is 9.00 Å². The van der Waals surface area contributed by atoms with E-state index in [1.165, 1.54) is 7.11 Å². The summed E-state index contributed by atoms with van der Waals surface area (Å²) in [6.45, 7) is 2.19. The molecular formula is C12H17NO4S. The third kappa shape index (κ3) is 5.29. The van der Waals surface area contributed by atoms with Crippen LogP contribution in [0.3, 0.4) is 0 Å². The van der Waals surface area contributed by atoms with Crippen LogP contribution in [0.25, 0.3) is 0 Å². The van der Waals surface area contributed by atoms with Crippen LogP contribution < -0.4 is 4.72 Å². The van der Waals surface area contributed by atoms with Crippen molar-refractivity contribution in [3.05, 3.63) is 29.8 Å². The molecule has 0 aliphatic carbocycles. The highest BCUT2D eigenvalue weighted by Crippen LogP contribution is 2.12. The molecule has 1 rings (SSSR count). The Kier molecular flexibility index (Phi) is 6.38. The Bertz CT molecular complexity index is 405. The first-order valence-electron chi connectivity index (χ1n) is 5.63. The lowest BCUT2D eigenvalue weighted by atomic mass is 10.1. The Balaban J connectivity index is 2.45. The van der Waals surface area contributed by atoms with Gasteiger partial charge in [-0.2, -0.15) is 0 Å². The Labute approximate surface area is 109 Å². The summed E-state index contributed by atoms with van der Waals surface area (Å²) in [6, 6.07) is 7.32. The van der Waals surface area contributed by atoms with Crippen LogP contribution in [0.2, 0.25) is 0 Å². The number of hydrogen-bond acceptors (Lipinski definition) is 4. The summed E-state index contributed by atoms with van der Waals surface area (Å²) >= 11 is -1.52. The molecule has 0 saturated carbocycles. The van der Waals surface area contributed by atoms with Crippen LogP contribution in [-0.2, 0) is 31.4 Å². The van der Waals surface area contributed by atoms with E-state index in [1.54, 1.807) is 19.1 Å². The van der Waals surface area contributed by atoms with Gasteiger partial charge in [-0.1, -0.05) is 12.1 Å². The van der Waals surface area contributed by atoms with Crippen LogP contribution in [-0.4, -0.2) is 23.9 Å². The Morgan fingerprint density at radius 1 is 1.33 bits per heavy atom. The van der Waals surface area contributed by atoms with E-state index in [0.29, 0.717) is 25.1 Å². The summed E-state index contributed by atoms with van der Waals surface area (Å²) in [5.41, 5.74) is 1.73. The maximum Gasteiger partial charge on any atom is 0.306 e. The number of rotatable bonds is 7. The second-order valence-electron chi connectivity index (χ2n) is 3.51. The van der Waals surface area contributed by atoms with Crippen molar-refractivity contribution in [2.24, 2.45) is 0 Å². The van der Waals surface area contributed by atoms with Gasteiger partial charge in [0.15, 0.2) is 0 Å². The quantitative estimate of drug-likeness (QED) is 0.768. The molecule has 6 heteroatoms. The van der Waals surface area contributed by atoms with Gasteiger partial charge in [0.2, 0.25) is 0 Å². The molecule has 0 fully saturated rings. The average molecular weight is 271 g/mol. The molecule has 0 aromatic heterocycles. The minimum absolute atomic E-state index is 0.194. The van der Waals surface area contributed by atoms with Gasteiger partial charge in [0, 0.05) is 12.1 Å². The van der Waals surface area contributed by atoms with Crippen molar-refractivity contribution in [2.45, 2.75) is 19.8 Å². The molecule has 0 spiro atoms. The first-order chi connectivity index (χ1) is 8.65. The number of carbonyl (C=O) groups excluding carboxylic acids is 1. The molecule has 1 aromatic carbocycles. The normalized spacial score (nSPS) is 11.9. The summed E-state index contributed by atoms with van der Waals surface area (Å²) in [7, 11) is 1.36. The van der Waals surface area contributed by atoms with Crippen molar-refractivity contribution in [2.75, 3.05) is 18.4 Å². The average Bonchev–Trinajstić information content (AvgIpc) is 2.38. The van der Waals surface area contributed by atoms with Gasteiger partial charge in [-0.3, -0.25) is 13.7 Å². The molecule has 0 heterocycles. The van der Waals surface area contributed by atoms with Gasteiger partial charge in [0.05, 0.1) is 13.7 Å². The van der Waals surface area contributed by atoms with E-state index in [-0.39, 0.29) is 5.97 Å². The topological polar surface area (TPSA) is 64.6 Å². The van der Waals surface area contributed by atoms with E-state index >= 15 is 0 Å². The number of anilines is 1. The fourth-order valence-corrected chi connectivity index (χ4v) is 1.77. The lowest BCUT2D eigenvalue weighted by Gasteiger charge is -2.05. The van der Waals surface area contributed by atoms with E-state index in [4.69, 9.17) is 4.74 Å². The van der Waals surface area contributed by atoms with Gasteiger partial charge in [-0.15, -0.1) is 0 Å². The number of aryl methyl sites for hydroxylation is 1. The van der Waals surface area contributed by atoms with Crippen molar-refractivity contribution < 1.29 is 17.9 Å². The number of carbonyl (C=O) groups is 1. The first-order valence-corrected chi connectivity index (χ1v) is 6.70. The van der Waals surface area contributed by atoms with E-state index < -0.39 is 11.3 Å². The number of benzene rings is 1. The summed E-state index contributed by atoms with van der Waals surface area (Å²) in [5, 5.41) is 0. The number of hydrogen-bond donors (Lipinski definition) is 1. The Hall–Kier alpha value is -1.40. The molecule has 1 N–H and O–H groups in total. The van der Waals surface area contributed by atoms with Crippen LogP contribution in [0, 0.1) is 0 Å². The highest BCUT2D eigenvalue weighted by Gasteiger charge is 2.03. The predicted octanol–water partition coefficient (Wildman–Crippen LogP) is 1.82. The van der Waals surface area contributed by atoms with Gasteiger partial charge < -0.3 is 4.74 Å². The van der Waals surface area contributed by atoms with Crippen LogP contribution >= 0.6 is 0 Å². The molecule has 0 aliphatic rings. The molecule has 1 atom stereocenters. The van der Waals surface area contributed by atoms with Gasteiger partial charge in [0.25, 0.3) is 11.3 Å². The van der Waals surface area contributed by atoms with E-state index in [1.807, 2.05) is 12.1 Å². The summed E-state index contributed by atoms with van der Waals surface area (Å²) in [6.07, 6.45) is 0.997. The van der Waals surface area contributed by atoms with Crippen molar-refractivity contribution in [3.8, 4) is 0 Å². The smallest absolute Gasteiger partial charge is 0.306 e. The largest absolute Gasteiger partial charge is 0.466 e. The molecule has 1 aromatic rings. The SMILES string of the molecule is CCOC(=O)CCc1ccc(NS(=O)OC)cc1. The molecule has 5 nitrogen and oxygen atoms in total. The van der Waals surface area contributed by atoms with E-state index in [0.717, 1.165) is 5.56 Å². The van der Waals surface area contributed by atoms with E-state index in [2.05, 4.69) is 8.91 Å². The minimum atomic E-state index is -1.52. The van der Waals surface area contributed by atoms with Gasteiger partial charge in [0.1, 0.15) is 0 Å². The number of ether oxygens (including phenoxy) is 1. The molecule has 0 saturated heterocycles. The highest BCUT2D eigenvalue weighted by atomic mass is 32.2. The second kappa shape index (κ2) is 7.84. The standard InChI is InChI=1S/C12H17NO4S/c1-3-17-12(14)9-6-10-4-7-11(8-5-10)13-18(15)16-2/h4-5,7-8,13H,3,6,9H2,1-2H3. The zero-order valence-electron chi connectivity index (χ0n) is 10.5. The van der Waals surface area contributed by atoms with Crippen LogP contribution in [0.1, 0.15) is 18.9 Å². The van der Waals surface area contributed by atoms with Gasteiger partial charge in [-0.25, -0.2) is 4.21 Å². The summed E-state index contributed by atoms with van der Waals surface area (Å²) in [5.74, 6) is -0.194. The molecule has 0 radical (unpaired) electrons. The van der Waals surface area contributed by atoms with Crippen LogP contribution in [0.15, 0.2) is 24.3 Å². The zero-order valence-corrected chi connectivity index (χ0v) is 11.3. The fraction of sp³-hybridized carbons (Fsp3) is 0.417.